The fourth-order valence-corrected chi connectivity index (χ4v) is 5.35. The van der Waals surface area contributed by atoms with Crippen molar-refractivity contribution in [1.82, 2.24) is 0 Å². The van der Waals surface area contributed by atoms with Crippen LogP contribution in [0.4, 0.5) is 13.2 Å². The number of hydrogen-bond acceptors (Lipinski definition) is 6. The van der Waals surface area contributed by atoms with Crippen LogP contribution < -0.4 is 14.2 Å². The highest BCUT2D eigenvalue weighted by molar-refractivity contribution is 7.99. The number of carboxylic acids is 1. The van der Waals surface area contributed by atoms with E-state index in [-0.39, 0.29) is 29.8 Å². The lowest BCUT2D eigenvalue weighted by atomic mass is 10.0. The molecule has 6 nitrogen and oxygen atoms in total. The second kappa shape index (κ2) is 16.0. The van der Waals surface area contributed by atoms with Gasteiger partial charge in [0.25, 0.3) is 5.78 Å². The number of ketones is 1. The van der Waals surface area contributed by atoms with Crippen LogP contribution in [0.3, 0.4) is 0 Å². The molecule has 0 fully saturated rings. The average Bonchev–Trinajstić information content (AvgIpc) is 2.96. The van der Waals surface area contributed by atoms with Crippen molar-refractivity contribution in [2.75, 3.05) is 26.1 Å². The molecule has 0 amide bonds. The molecule has 1 atom stereocenters. The normalized spacial score (nSPS) is 12.0. The first-order valence-corrected chi connectivity index (χ1v) is 14.2. The highest BCUT2D eigenvalue weighted by Gasteiger charge is 2.40. The van der Waals surface area contributed by atoms with E-state index in [1.54, 1.807) is 11.8 Å². The molecule has 10 heteroatoms. The molecule has 0 bridgehead atoms. The predicted octanol–water partition coefficient (Wildman–Crippen LogP) is 7.56. The van der Waals surface area contributed by atoms with Crippen molar-refractivity contribution >= 4 is 23.5 Å². The molecule has 0 aliphatic carbocycles. The van der Waals surface area contributed by atoms with Crippen LogP contribution in [0, 0.1) is 0 Å². The lowest BCUT2D eigenvalue weighted by molar-refractivity contribution is -0.136. The topological polar surface area (TPSA) is 82.1 Å². The number of rotatable bonds is 17. The van der Waals surface area contributed by atoms with Crippen LogP contribution in [0.15, 0.2) is 72.8 Å². The lowest BCUT2D eigenvalue weighted by Gasteiger charge is -2.17. The zero-order valence-corrected chi connectivity index (χ0v) is 23.5. The van der Waals surface area contributed by atoms with Crippen molar-refractivity contribution < 1.29 is 42.1 Å². The van der Waals surface area contributed by atoms with Crippen molar-refractivity contribution in [3.05, 3.63) is 89.5 Å². The van der Waals surface area contributed by atoms with Gasteiger partial charge in [0, 0.05) is 23.5 Å². The Morgan fingerprint density at radius 1 is 0.902 bits per heavy atom. The Hall–Kier alpha value is -3.66. The number of thioether (sulfide) groups is 1. The number of carbonyl (C=O) groups is 2. The summed E-state index contributed by atoms with van der Waals surface area (Å²) in [4.78, 5) is 22.5. The van der Waals surface area contributed by atoms with E-state index >= 15 is 0 Å². The third-order valence-electron chi connectivity index (χ3n) is 6.16. The van der Waals surface area contributed by atoms with Gasteiger partial charge in [-0.15, -0.1) is 0 Å². The molecule has 0 spiro atoms. The number of Topliss-reactive ketones (excluding diaryl/α,β-unsaturated/α-hetero) is 1. The summed E-state index contributed by atoms with van der Waals surface area (Å²) in [6.45, 7) is 0.604. The van der Waals surface area contributed by atoms with Gasteiger partial charge in [-0.05, 0) is 54.7 Å². The van der Waals surface area contributed by atoms with Gasteiger partial charge in [0.05, 0.1) is 32.3 Å². The Bertz CT molecular complexity index is 1250. The quantitative estimate of drug-likeness (QED) is 0.128. The van der Waals surface area contributed by atoms with Crippen LogP contribution in [-0.2, 0) is 11.2 Å². The first kappa shape index (κ1) is 31.9. The van der Waals surface area contributed by atoms with Crippen LogP contribution >= 0.6 is 11.8 Å². The number of halogens is 3. The third-order valence-corrected chi connectivity index (χ3v) is 7.51. The number of alkyl halides is 3. The molecule has 0 radical (unpaired) electrons. The minimum Gasteiger partial charge on any atom is -0.496 e. The number of aryl methyl sites for hydroxylation is 1. The first-order chi connectivity index (χ1) is 19.7. The summed E-state index contributed by atoms with van der Waals surface area (Å²) in [7, 11) is 1.19. The smallest absolute Gasteiger partial charge is 0.455 e. The average molecular weight is 591 g/mol. The second-order valence-corrected chi connectivity index (χ2v) is 10.5. The SMILES string of the molecule is COc1cc(OCCCOc2ccc(C(CCCc3ccccc3)SCCC(=O)O)cc2)ccc1C(=O)C(F)(F)F. The Morgan fingerprint density at radius 2 is 1.56 bits per heavy atom. The van der Waals surface area contributed by atoms with E-state index in [1.165, 1.54) is 24.8 Å². The van der Waals surface area contributed by atoms with E-state index in [0.717, 1.165) is 30.9 Å². The monoisotopic (exact) mass is 590 g/mol. The van der Waals surface area contributed by atoms with Crippen molar-refractivity contribution in [3.63, 3.8) is 0 Å². The van der Waals surface area contributed by atoms with Crippen LogP contribution in [0.5, 0.6) is 17.2 Å². The summed E-state index contributed by atoms with van der Waals surface area (Å²) in [6.07, 6.45) is -1.49. The van der Waals surface area contributed by atoms with Crippen LogP contribution in [0.1, 0.15) is 52.4 Å². The summed E-state index contributed by atoms with van der Waals surface area (Å²) < 4.78 is 54.6. The second-order valence-electron chi connectivity index (χ2n) is 9.19. The maximum Gasteiger partial charge on any atom is 0.455 e. The summed E-state index contributed by atoms with van der Waals surface area (Å²) in [5.41, 5.74) is 1.82. The number of carboxylic acid groups (broad SMARTS) is 1. The largest absolute Gasteiger partial charge is 0.496 e. The zero-order chi connectivity index (χ0) is 29.7. The van der Waals surface area contributed by atoms with Gasteiger partial charge < -0.3 is 19.3 Å². The first-order valence-electron chi connectivity index (χ1n) is 13.2. The van der Waals surface area contributed by atoms with E-state index in [9.17, 15) is 22.8 Å². The minimum absolute atomic E-state index is 0.117. The molecular formula is C31H33F3O6S. The number of hydrogen-bond donors (Lipinski definition) is 1. The Morgan fingerprint density at radius 3 is 2.20 bits per heavy atom. The molecule has 0 heterocycles. The maximum atomic E-state index is 12.8. The van der Waals surface area contributed by atoms with Gasteiger partial charge in [-0.2, -0.15) is 24.9 Å². The van der Waals surface area contributed by atoms with E-state index in [1.807, 2.05) is 42.5 Å². The molecular weight excluding hydrogens is 557 g/mol. The fraction of sp³-hybridized carbons (Fsp3) is 0.355. The molecule has 1 unspecified atom stereocenters. The molecule has 3 aromatic carbocycles. The summed E-state index contributed by atoms with van der Waals surface area (Å²) in [5, 5.41) is 9.21. The van der Waals surface area contributed by atoms with Gasteiger partial charge in [-0.3, -0.25) is 9.59 Å². The van der Waals surface area contributed by atoms with Gasteiger partial charge in [0.15, 0.2) is 0 Å². The molecule has 220 valence electrons. The highest BCUT2D eigenvalue weighted by Crippen LogP contribution is 2.35. The van der Waals surface area contributed by atoms with Crippen LogP contribution in [0.25, 0.3) is 0 Å². The van der Waals surface area contributed by atoms with E-state index in [4.69, 9.17) is 19.3 Å². The molecule has 0 saturated carbocycles. The third kappa shape index (κ3) is 10.7. The van der Waals surface area contributed by atoms with Crippen LogP contribution in [-0.4, -0.2) is 49.1 Å². The maximum absolute atomic E-state index is 12.8. The highest BCUT2D eigenvalue weighted by atomic mass is 32.2. The standard InChI is InChI=1S/C31H33F3O6S/c1-38-27-21-25(15-16-26(27)30(37)31(32,33)34)40-19-6-18-39-24-13-11-23(12-14-24)28(41-20-17-29(35)36)10-5-9-22-7-3-2-4-8-22/h2-4,7-8,11-16,21,28H,5-6,9-10,17-20H2,1H3,(H,35,36). The zero-order valence-electron chi connectivity index (χ0n) is 22.7. The van der Waals surface area contributed by atoms with Crippen molar-refractivity contribution in [2.45, 2.75) is 43.5 Å². The Kier molecular flexibility index (Phi) is 12.4. The molecule has 0 aliphatic heterocycles. The molecule has 1 N–H and O–H groups in total. The van der Waals surface area contributed by atoms with E-state index < -0.39 is 23.5 Å². The summed E-state index contributed by atoms with van der Waals surface area (Å²) >= 11 is 1.65. The number of carbonyl (C=O) groups excluding carboxylic acids is 1. The van der Waals surface area contributed by atoms with Gasteiger partial charge in [0.2, 0.25) is 0 Å². The Labute approximate surface area is 241 Å². The van der Waals surface area contributed by atoms with E-state index in [2.05, 4.69) is 12.1 Å². The van der Waals surface area contributed by atoms with Gasteiger partial charge >= 0.3 is 12.1 Å². The van der Waals surface area contributed by atoms with Crippen molar-refractivity contribution in [1.29, 1.82) is 0 Å². The molecule has 41 heavy (non-hydrogen) atoms. The van der Waals surface area contributed by atoms with Crippen molar-refractivity contribution in [3.8, 4) is 17.2 Å². The van der Waals surface area contributed by atoms with Gasteiger partial charge in [-0.1, -0.05) is 42.5 Å². The predicted molar refractivity (Wildman–Crippen MR) is 152 cm³/mol. The molecule has 3 aromatic rings. The number of benzene rings is 3. The molecule has 0 aliphatic rings. The Balaban J connectivity index is 1.47. The summed E-state index contributed by atoms with van der Waals surface area (Å²) in [5.74, 6) is -1.48. The lowest BCUT2D eigenvalue weighted by Crippen LogP contribution is -2.23. The number of ether oxygens (including phenoxy) is 3. The molecule has 0 aromatic heterocycles. The van der Waals surface area contributed by atoms with Crippen LogP contribution in [0.2, 0.25) is 0 Å². The summed E-state index contributed by atoms with van der Waals surface area (Å²) in [6, 6.07) is 21.6. The molecule has 0 saturated heterocycles. The van der Waals surface area contributed by atoms with E-state index in [0.29, 0.717) is 24.5 Å². The van der Waals surface area contributed by atoms with Crippen molar-refractivity contribution in [2.24, 2.45) is 0 Å². The van der Waals surface area contributed by atoms with Gasteiger partial charge in [-0.25, -0.2) is 0 Å². The van der Waals surface area contributed by atoms with Gasteiger partial charge in [0.1, 0.15) is 17.2 Å². The fourth-order valence-electron chi connectivity index (χ4n) is 4.09. The molecule has 3 rings (SSSR count). The number of methoxy groups -OCH3 is 1. The number of aliphatic carboxylic acids is 1. The minimum atomic E-state index is -4.99.